The summed E-state index contributed by atoms with van der Waals surface area (Å²) in [6.45, 7) is 8.34. The van der Waals surface area contributed by atoms with E-state index in [1.54, 1.807) is 0 Å². The molecule has 1 aliphatic heterocycles. The number of rotatable bonds is 7. The number of hydrogen-bond acceptors (Lipinski definition) is 4. The van der Waals surface area contributed by atoms with Crippen LogP contribution in [0.15, 0.2) is 18.2 Å². The van der Waals surface area contributed by atoms with Crippen LogP contribution < -0.4 is 5.32 Å². The molecular formula is C20H32ClN3O3. The van der Waals surface area contributed by atoms with Crippen molar-refractivity contribution in [2.75, 3.05) is 38.5 Å². The third-order valence-corrected chi connectivity index (χ3v) is 5.12. The first kappa shape index (κ1) is 23.4. The van der Waals surface area contributed by atoms with Crippen LogP contribution in [0.25, 0.3) is 0 Å². The number of benzene rings is 1. The highest BCUT2D eigenvalue weighted by molar-refractivity contribution is 5.94. The summed E-state index contributed by atoms with van der Waals surface area (Å²) in [4.78, 5) is 27.4. The maximum Gasteiger partial charge on any atom is 0.317 e. The highest BCUT2D eigenvalue weighted by Crippen LogP contribution is 2.27. The highest BCUT2D eigenvalue weighted by Gasteiger charge is 2.25. The highest BCUT2D eigenvalue weighted by atomic mass is 35.5. The molecule has 1 amide bonds. The van der Waals surface area contributed by atoms with Crippen molar-refractivity contribution in [3.05, 3.63) is 29.3 Å². The van der Waals surface area contributed by atoms with Crippen molar-refractivity contribution in [2.24, 2.45) is 0 Å². The molecule has 1 saturated heterocycles. The quantitative estimate of drug-likeness (QED) is 0.740. The third-order valence-electron chi connectivity index (χ3n) is 5.12. The second-order valence-electron chi connectivity index (χ2n) is 7.56. The fraction of sp³-hybridized carbons (Fsp3) is 0.600. The van der Waals surface area contributed by atoms with E-state index in [0.29, 0.717) is 12.5 Å². The number of carbonyl (C=O) groups excluding carboxylic acids is 1. The molecule has 0 aliphatic carbocycles. The summed E-state index contributed by atoms with van der Waals surface area (Å²) >= 11 is 0. The Morgan fingerprint density at radius 2 is 1.93 bits per heavy atom. The lowest BCUT2D eigenvalue weighted by atomic mass is 9.98. The number of likely N-dealkylation sites (tertiary alicyclic amines) is 1. The molecule has 0 saturated carbocycles. The monoisotopic (exact) mass is 397 g/mol. The van der Waals surface area contributed by atoms with E-state index < -0.39 is 5.97 Å². The number of hydrogen-bond donors (Lipinski definition) is 2. The van der Waals surface area contributed by atoms with Crippen LogP contribution in [0.1, 0.15) is 43.7 Å². The van der Waals surface area contributed by atoms with E-state index in [1.807, 2.05) is 31.0 Å². The molecule has 1 aromatic rings. The number of nitrogens with zero attached hydrogens (tertiary/aromatic N) is 2. The molecule has 0 bridgehead atoms. The Morgan fingerprint density at radius 1 is 1.30 bits per heavy atom. The average Bonchev–Trinajstić information content (AvgIpc) is 2.56. The zero-order valence-corrected chi connectivity index (χ0v) is 17.5. The lowest BCUT2D eigenvalue weighted by molar-refractivity contribution is -0.138. The second kappa shape index (κ2) is 10.6. The molecule has 152 valence electrons. The Kier molecular flexibility index (Phi) is 9.22. The fourth-order valence-corrected chi connectivity index (χ4v) is 3.59. The number of anilines is 1. The maximum absolute atomic E-state index is 12.5. The second-order valence-corrected chi connectivity index (χ2v) is 7.56. The zero-order valence-electron chi connectivity index (χ0n) is 16.7. The van der Waals surface area contributed by atoms with Crippen LogP contribution in [-0.4, -0.2) is 66.1 Å². The first-order valence-corrected chi connectivity index (χ1v) is 9.31. The van der Waals surface area contributed by atoms with Crippen molar-refractivity contribution in [3.63, 3.8) is 0 Å². The fourth-order valence-electron chi connectivity index (χ4n) is 3.59. The average molecular weight is 398 g/mol. The van der Waals surface area contributed by atoms with E-state index >= 15 is 0 Å². The Labute approximate surface area is 168 Å². The molecule has 2 N–H and O–H groups in total. The van der Waals surface area contributed by atoms with Crippen LogP contribution in [0.5, 0.6) is 0 Å². The summed E-state index contributed by atoms with van der Waals surface area (Å²) in [6, 6.07) is 6.38. The van der Waals surface area contributed by atoms with Crippen LogP contribution in [0.2, 0.25) is 0 Å². The summed E-state index contributed by atoms with van der Waals surface area (Å²) in [5, 5.41) is 12.0. The molecular weight excluding hydrogens is 366 g/mol. The van der Waals surface area contributed by atoms with E-state index in [4.69, 9.17) is 5.11 Å². The van der Waals surface area contributed by atoms with Gasteiger partial charge in [-0.2, -0.15) is 0 Å². The van der Waals surface area contributed by atoms with Crippen LogP contribution in [-0.2, 0) is 9.59 Å². The van der Waals surface area contributed by atoms with Crippen LogP contribution in [0.3, 0.4) is 0 Å². The van der Waals surface area contributed by atoms with Gasteiger partial charge in [-0.15, -0.1) is 12.4 Å². The summed E-state index contributed by atoms with van der Waals surface area (Å²) in [7, 11) is 1.85. The standard InChI is InChI=1S/C20H31N3O3.ClH/c1-14(2)17-7-5-6-15(3)20(17)21-18(24)12-23-10-8-16(9-11-23)22(4)13-19(25)26;/h5-7,14,16H,8-13H2,1-4H3,(H,21,24)(H,25,26);1H. The van der Waals surface area contributed by atoms with Gasteiger partial charge in [0.25, 0.3) is 0 Å². The molecule has 1 heterocycles. The number of carboxylic acids is 1. The molecule has 0 unspecified atom stereocenters. The van der Waals surface area contributed by atoms with Gasteiger partial charge >= 0.3 is 5.97 Å². The number of nitrogens with one attached hydrogen (secondary N) is 1. The largest absolute Gasteiger partial charge is 0.480 e. The zero-order chi connectivity index (χ0) is 19.3. The van der Waals surface area contributed by atoms with Crippen molar-refractivity contribution in [2.45, 2.75) is 45.6 Å². The lowest BCUT2D eigenvalue weighted by Crippen LogP contribution is -2.46. The predicted octanol–water partition coefficient (Wildman–Crippen LogP) is 2.96. The molecule has 1 aromatic carbocycles. The molecule has 0 aromatic heterocycles. The molecule has 1 fully saturated rings. The van der Waals surface area contributed by atoms with Gasteiger partial charge in [-0.25, -0.2) is 0 Å². The minimum Gasteiger partial charge on any atom is -0.480 e. The minimum absolute atomic E-state index is 0. The molecule has 6 nitrogen and oxygen atoms in total. The van der Waals surface area contributed by atoms with Gasteiger partial charge < -0.3 is 10.4 Å². The van der Waals surface area contributed by atoms with Crippen molar-refractivity contribution in [1.82, 2.24) is 9.80 Å². The van der Waals surface area contributed by atoms with Gasteiger partial charge in [0.15, 0.2) is 0 Å². The Balaban J connectivity index is 0.00000364. The van der Waals surface area contributed by atoms with Gasteiger partial charge in [-0.1, -0.05) is 32.0 Å². The number of amides is 1. The number of aliphatic carboxylic acids is 1. The van der Waals surface area contributed by atoms with Crippen molar-refractivity contribution < 1.29 is 14.7 Å². The minimum atomic E-state index is -0.798. The van der Waals surface area contributed by atoms with Gasteiger partial charge in [0.2, 0.25) is 5.91 Å². The predicted molar refractivity (Wildman–Crippen MR) is 111 cm³/mol. The number of piperidine rings is 1. The van der Waals surface area contributed by atoms with Gasteiger partial charge in [-0.05, 0) is 43.9 Å². The number of halogens is 1. The van der Waals surface area contributed by atoms with Crippen molar-refractivity contribution in [1.29, 1.82) is 0 Å². The molecule has 0 atom stereocenters. The van der Waals surface area contributed by atoms with Crippen LogP contribution in [0, 0.1) is 6.92 Å². The Hall–Kier alpha value is -1.63. The van der Waals surface area contributed by atoms with Crippen molar-refractivity contribution >= 4 is 30.0 Å². The van der Waals surface area contributed by atoms with E-state index in [1.165, 1.54) is 0 Å². The van der Waals surface area contributed by atoms with Gasteiger partial charge in [0.05, 0.1) is 13.1 Å². The molecule has 1 aliphatic rings. The molecule has 7 heteroatoms. The SMILES string of the molecule is Cc1cccc(C(C)C)c1NC(=O)CN1CCC(N(C)CC(=O)O)CC1.Cl. The van der Waals surface area contributed by atoms with Gasteiger partial charge in [0.1, 0.15) is 0 Å². The molecule has 0 spiro atoms. The normalized spacial score (nSPS) is 15.6. The number of aryl methyl sites for hydroxylation is 1. The van der Waals surface area contributed by atoms with Crippen LogP contribution >= 0.6 is 12.4 Å². The number of carboxylic acid groups (broad SMARTS) is 1. The maximum atomic E-state index is 12.5. The topological polar surface area (TPSA) is 72.9 Å². The third kappa shape index (κ3) is 6.79. The lowest BCUT2D eigenvalue weighted by Gasteiger charge is -2.35. The number of carbonyl (C=O) groups is 2. The Bertz CT molecular complexity index is 643. The van der Waals surface area contributed by atoms with E-state index in [0.717, 1.165) is 42.7 Å². The van der Waals surface area contributed by atoms with E-state index in [2.05, 4.69) is 30.1 Å². The summed E-state index contributed by atoms with van der Waals surface area (Å²) in [5.74, 6) is -0.433. The van der Waals surface area contributed by atoms with Gasteiger partial charge in [-0.3, -0.25) is 19.4 Å². The van der Waals surface area contributed by atoms with Crippen LogP contribution in [0.4, 0.5) is 5.69 Å². The first-order chi connectivity index (χ1) is 12.3. The summed E-state index contributed by atoms with van der Waals surface area (Å²) in [5.41, 5.74) is 3.18. The van der Waals surface area contributed by atoms with E-state index in [-0.39, 0.29) is 30.9 Å². The molecule has 2 rings (SSSR count). The summed E-state index contributed by atoms with van der Waals surface area (Å²) in [6.07, 6.45) is 1.78. The molecule has 0 radical (unpaired) electrons. The Morgan fingerprint density at radius 3 is 2.48 bits per heavy atom. The van der Waals surface area contributed by atoms with Crippen molar-refractivity contribution in [3.8, 4) is 0 Å². The first-order valence-electron chi connectivity index (χ1n) is 9.31. The van der Waals surface area contributed by atoms with Gasteiger partial charge in [0, 0.05) is 24.8 Å². The number of likely N-dealkylation sites (N-methyl/N-ethyl adjacent to an activating group) is 1. The summed E-state index contributed by atoms with van der Waals surface area (Å²) < 4.78 is 0. The smallest absolute Gasteiger partial charge is 0.317 e. The number of para-hydroxylation sites is 1. The van der Waals surface area contributed by atoms with E-state index in [9.17, 15) is 9.59 Å². The molecule has 27 heavy (non-hydrogen) atoms.